The van der Waals surface area contributed by atoms with Crippen LogP contribution in [0.3, 0.4) is 0 Å². The molecule has 1 aromatic carbocycles. The molecule has 1 N–H and O–H groups in total. The van der Waals surface area contributed by atoms with Crippen molar-refractivity contribution >= 4 is 26.1 Å². The van der Waals surface area contributed by atoms with E-state index in [9.17, 15) is 19.7 Å². The summed E-state index contributed by atoms with van der Waals surface area (Å²) in [6, 6.07) is 4.97. The molecule has 192 valence electrons. The van der Waals surface area contributed by atoms with Gasteiger partial charge in [-0.1, -0.05) is 32.9 Å². The van der Waals surface area contributed by atoms with Gasteiger partial charge in [0.15, 0.2) is 14.4 Å². The van der Waals surface area contributed by atoms with Crippen LogP contribution in [0.4, 0.5) is 10.5 Å². The van der Waals surface area contributed by atoms with E-state index in [2.05, 4.69) is 39.2 Å². The molecular weight excluding hydrogens is 460 g/mol. The minimum absolute atomic E-state index is 0.00948. The number of hydrogen-bond donors (Lipinski definition) is 1. The van der Waals surface area contributed by atoms with Gasteiger partial charge < -0.3 is 24.0 Å². The van der Waals surface area contributed by atoms with Gasteiger partial charge in [-0.2, -0.15) is 0 Å². The van der Waals surface area contributed by atoms with Crippen LogP contribution in [0.15, 0.2) is 24.3 Å². The van der Waals surface area contributed by atoms with E-state index in [1.807, 2.05) is 0 Å². The molecule has 0 saturated heterocycles. The Morgan fingerprint density at radius 1 is 1.15 bits per heavy atom. The molecule has 0 aliphatic heterocycles. The first-order valence-electron chi connectivity index (χ1n) is 11.0. The lowest BCUT2D eigenvalue weighted by molar-refractivity contribution is -0.385. The number of esters is 1. The molecule has 0 spiro atoms. The van der Waals surface area contributed by atoms with Crippen LogP contribution in [0.1, 0.15) is 47.1 Å². The van der Waals surface area contributed by atoms with Crippen molar-refractivity contribution in [2.24, 2.45) is 0 Å². The number of carbonyl (C=O) groups is 2. The largest absolute Gasteiger partial charge is 0.467 e. The van der Waals surface area contributed by atoms with Gasteiger partial charge in [-0.15, -0.1) is 0 Å². The third kappa shape index (κ3) is 9.39. The lowest BCUT2D eigenvalue weighted by atomic mass is 10.1. The molecule has 1 rings (SSSR count). The fraction of sp³-hybridized carbons (Fsp3) is 0.652. The second kappa shape index (κ2) is 11.8. The fourth-order valence-electron chi connectivity index (χ4n) is 2.59. The molecule has 0 aliphatic rings. The van der Waals surface area contributed by atoms with E-state index in [1.54, 1.807) is 26.8 Å². The molecule has 1 aromatic rings. The minimum Gasteiger partial charge on any atom is -0.467 e. The van der Waals surface area contributed by atoms with Gasteiger partial charge in [0.2, 0.25) is 0 Å². The molecule has 0 aromatic heterocycles. The molecule has 34 heavy (non-hydrogen) atoms. The lowest BCUT2D eigenvalue weighted by Crippen LogP contribution is -2.54. The Balaban J connectivity index is 3.17. The van der Waals surface area contributed by atoms with E-state index in [0.717, 1.165) is 0 Å². The Bertz CT molecular complexity index is 861. The second-order valence-electron chi connectivity index (χ2n) is 10.5. The summed E-state index contributed by atoms with van der Waals surface area (Å²) in [7, 11) is -1.02. The van der Waals surface area contributed by atoms with Crippen molar-refractivity contribution in [3.8, 4) is 0 Å². The summed E-state index contributed by atoms with van der Waals surface area (Å²) in [5.41, 5.74) is -0.357. The van der Waals surface area contributed by atoms with Crippen LogP contribution in [-0.4, -0.2) is 56.8 Å². The summed E-state index contributed by atoms with van der Waals surface area (Å²) in [4.78, 5) is 35.7. The Morgan fingerprint density at radius 2 is 1.76 bits per heavy atom. The molecule has 0 saturated carbocycles. The molecule has 0 radical (unpaired) electrons. The van der Waals surface area contributed by atoms with Crippen molar-refractivity contribution in [2.45, 2.75) is 84.0 Å². The number of non-ortho nitro benzene ring substituents is 1. The molecule has 0 fully saturated rings. The number of ether oxygens (including phenoxy) is 3. The maximum atomic E-state index is 12.6. The first kappa shape index (κ1) is 29.5. The number of hydrogen-bond acceptors (Lipinski definition) is 8. The molecule has 11 heteroatoms. The van der Waals surface area contributed by atoms with Crippen LogP contribution in [0.25, 0.3) is 0 Å². The Hall–Kier alpha value is -2.50. The quantitative estimate of drug-likeness (QED) is 0.215. The predicted molar refractivity (Wildman–Crippen MR) is 130 cm³/mol. The van der Waals surface area contributed by atoms with Gasteiger partial charge in [0.1, 0.15) is 5.60 Å². The maximum absolute atomic E-state index is 12.6. The van der Waals surface area contributed by atoms with Crippen LogP contribution >= 0.6 is 0 Å². The van der Waals surface area contributed by atoms with Crippen molar-refractivity contribution in [1.29, 1.82) is 0 Å². The van der Waals surface area contributed by atoms with Crippen LogP contribution < -0.4 is 5.32 Å². The van der Waals surface area contributed by atoms with Crippen molar-refractivity contribution in [2.75, 3.05) is 13.7 Å². The van der Waals surface area contributed by atoms with Gasteiger partial charge in [0.25, 0.3) is 5.69 Å². The summed E-state index contributed by atoms with van der Waals surface area (Å²) in [6.07, 6.45) is -1.97. The number of nitro groups is 1. The minimum atomic E-state index is -2.24. The zero-order valence-corrected chi connectivity index (χ0v) is 22.6. The normalized spacial score (nSPS) is 14.1. The number of benzene rings is 1. The zero-order valence-electron chi connectivity index (χ0n) is 21.6. The lowest BCUT2D eigenvalue weighted by Gasteiger charge is -2.38. The number of nitrogens with one attached hydrogen (secondary N) is 1. The number of methoxy groups -OCH3 is 1. The highest BCUT2D eigenvalue weighted by atomic mass is 28.4. The molecule has 0 aliphatic carbocycles. The average Bonchev–Trinajstić information content (AvgIpc) is 2.69. The van der Waals surface area contributed by atoms with Crippen LogP contribution in [0.2, 0.25) is 18.1 Å². The third-order valence-corrected chi connectivity index (χ3v) is 9.98. The summed E-state index contributed by atoms with van der Waals surface area (Å²) < 4.78 is 22.4. The van der Waals surface area contributed by atoms with E-state index in [1.165, 1.54) is 25.3 Å². The summed E-state index contributed by atoms with van der Waals surface area (Å²) in [5, 5.41) is 13.6. The smallest absolute Gasteiger partial charge is 0.408 e. The van der Waals surface area contributed by atoms with E-state index in [0.29, 0.717) is 5.56 Å². The topological polar surface area (TPSA) is 126 Å². The highest BCUT2D eigenvalue weighted by Gasteiger charge is 2.40. The summed E-state index contributed by atoms with van der Waals surface area (Å²) in [5.74, 6) is -0.717. The average molecular weight is 499 g/mol. The summed E-state index contributed by atoms with van der Waals surface area (Å²) >= 11 is 0. The van der Waals surface area contributed by atoms with Crippen LogP contribution in [0, 0.1) is 10.1 Å². The first-order valence-corrected chi connectivity index (χ1v) is 13.9. The molecule has 1 amide bonds. The SMILES string of the molecule is COC(=O)[C@@H](OCc1cccc([N+](=O)[O-])c1)[C@@H](CO[Si](C)(C)C(C)(C)C)NC(=O)OC(C)(C)C. The van der Waals surface area contributed by atoms with Crippen molar-refractivity contribution in [3.63, 3.8) is 0 Å². The number of nitro benzene ring substituents is 1. The Kier molecular flexibility index (Phi) is 10.2. The van der Waals surface area contributed by atoms with Gasteiger partial charge in [-0.05, 0) is 44.5 Å². The second-order valence-corrected chi connectivity index (χ2v) is 15.3. The van der Waals surface area contributed by atoms with E-state index in [4.69, 9.17) is 18.6 Å². The number of alkyl carbamates (subject to hydrolysis) is 1. The van der Waals surface area contributed by atoms with Crippen LogP contribution in [0.5, 0.6) is 0 Å². The zero-order chi connectivity index (χ0) is 26.3. The highest BCUT2D eigenvalue weighted by molar-refractivity contribution is 6.74. The van der Waals surface area contributed by atoms with Crippen molar-refractivity contribution in [1.82, 2.24) is 5.32 Å². The van der Waals surface area contributed by atoms with Gasteiger partial charge in [-0.25, -0.2) is 9.59 Å². The maximum Gasteiger partial charge on any atom is 0.408 e. The van der Waals surface area contributed by atoms with Gasteiger partial charge in [0.05, 0.1) is 31.3 Å². The predicted octanol–water partition coefficient (Wildman–Crippen LogP) is 4.57. The molecule has 10 nitrogen and oxygen atoms in total. The molecule has 0 bridgehead atoms. The van der Waals surface area contributed by atoms with E-state index < -0.39 is 43.1 Å². The Morgan fingerprint density at radius 3 is 2.26 bits per heavy atom. The number of amides is 1. The molecule has 0 heterocycles. The Labute approximate surface area is 202 Å². The van der Waals surface area contributed by atoms with E-state index >= 15 is 0 Å². The van der Waals surface area contributed by atoms with Gasteiger partial charge >= 0.3 is 12.1 Å². The number of rotatable bonds is 10. The molecule has 2 atom stereocenters. The van der Waals surface area contributed by atoms with Crippen molar-refractivity contribution in [3.05, 3.63) is 39.9 Å². The van der Waals surface area contributed by atoms with Crippen molar-refractivity contribution < 1.29 is 33.1 Å². The monoisotopic (exact) mass is 498 g/mol. The standard InChI is InChI=1S/C23H38N2O8Si/c1-22(2,3)33-21(27)24-18(15-32-34(8,9)23(4,5)6)19(20(26)30-7)31-14-16-11-10-12-17(13-16)25(28)29/h10-13,18-19H,14-15H2,1-9H3,(H,24,27)/t18-,19+/m1/s1. The van der Waals surface area contributed by atoms with Crippen LogP contribution in [-0.2, 0) is 30.0 Å². The molecule has 0 unspecified atom stereocenters. The highest BCUT2D eigenvalue weighted by Crippen LogP contribution is 2.36. The number of nitrogens with zero attached hydrogens (tertiary/aromatic N) is 1. The van der Waals surface area contributed by atoms with Gasteiger partial charge in [0, 0.05) is 12.1 Å². The molecular formula is C23H38N2O8Si. The number of carbonyl (C=O) groups excluding carboxylic acids is 2. The first-order chi connectivity index (χ1) is 15.5. The van der Waals surface area contributed by atoms with Gasteiger partial charge in [-0.3, -0.25) is 10.1 Å². The fourth-order valence-corrected chi connectivity index (χ4v) is 3.62. The third-order valence-electron chi connectivity index (χ3n) is 5.48. The van der Waals surface area contributed by atoms with E-state index in [-0.39, 0.29) is 23.9 Å². The summed E-state index contributed by atoms with van der Waals surface area (Å²) in [6.45, 7) is 15.4.